The summed E-state index contributed by atoms with van der Waals surface area (Å²) in [7, 11) is 0.266. The molecule has 34 heavy (non-hydrogen) atoms. The molecule has 0 spiro atoms. The Labute approximate surface area is 198 Å². The van der Waals surface area contributed by atoms with Gasteiger partial charge in [0, 0.05) is 61.5 Å². The second-order valence-electron chi connectivity index (χ2n) is 8.36. The van der Waals surface area contributed by atoms with E-state index in [9.17, 15) is 18.5 Å². The van der Waals surface area contributed by atoms with Crippen molar-refractivity contribution in [2.24, 2.45) is 0 Å². The molecule has 2 N–H and O–H groups in total. The maximum atomic E-state index is 12.9. The molecule has 0 aliphatic heterocycles. The van der Waals surface area contributed by atoms with Gasteiger partial charge in [-0.2, -0.15) is 0 Å². The van der Waals surface area contributed by atoms with E-state index in [1.165, 1.54) is 24.3 Å². The number of H-pyrrole nitrogens is 1. The van der Waals surface area contributed by atoms with Crippen LogP contribution in [0.2, 0.25) is 0 Å². The van der Waals surface area contributed by atoms with Crippen molar-refractivity contribution in [3.8, 4) is 0 Å². The first-order valence-electron chi connectivity index (χ1n) is 10.8. The fourth-order valence-corrected chi connectivity index (χ4v) is 5.14. The third-order valence-corrected chi connectivity index (χ3v) is 7.14. The van der Waals surface area contributed by atoms with E-state index >= 15 is 0 Å². The molecule has 1 atom stereocenters. The van der Waals surface area contributed by atoms with Crippen molar-refractivity contribution in [3.63, 3.8) is 0 Å². The first-order chi connectivity index (χ1) is 16.2. The van der Waals surface area contributed by atoms with E-state index < -0.39 is 14.9 Å². The van der Waals surface area contributed by atoms with Crippen molar-refractivity contribution in [1.82, 2.24) is 9.71 Å². The highest BCUT2D eigenvalue weighted by Crippen LogP contribution is 2.31. The van der Waals surface area contributed by atoms with Crippen LogP contribution in [-0.4, -0.2) is 39.0 Å². The number of anilines is 1. The summed E-state index contributed by atoms with van der Waals surface area (Å²) in [5.41, 5.74) is 4.45. The molecule has 0 bridgehead atoms. The van der Waals surface area contributed by atoms with Crippen LogP contribution < -0.4 is 9.62 Å². The third-order valence-electron chi connectivity index (χ3n) is 5.82. The number of hydrogen-bond acceptors (Lipinski definition) is 5. The van der Waals surface area contributed by atoms with E-state index in [1.807, 2.05) is 73.7 Å². The molecular weight excluding hydrogens is 452 g/mol. The first kappa shape index (κ1) is 23.5. The fraction of sp³-hybridized carbons (Fsp3) is 0.200. The molecule has 0 fully saturated rings. The zero-order valence-electron chi connectivity index (χ0n) is 18.9. The molecule has 0 aliphatic carbocycles. The van der Waals surface area contributed by atoms with Gasteiger partial charge in [0.25, 0.3) is 5.69 Å². The number of non-ortho nitro benzene ring substituents is 1. The van der Waals surface area contributed by atoms with Crippen molar-refractivity contribution in [2.45, 2.75) is 11.7 Å². The third kappa shape index (κ3) is 5.27. The lowest BCUT2D eigenvalue weighted by atomic mass is 9.91. The van der Waals surface area contributed by atoms with Gasteiger partial charge in [0.2, 0.25) is 10.0 Å². The number of nitrogens with zero attached hydrogens (tertiary/aromatic N) is 2. The number of aromatic nitrogens is 1. The zero-order valence-corrected chi connectivity index (χ0v) is 19.7. The Hall–Kier alpha value is -3.69. The Morgan fingerprint density at radius 2 is 1.68 bits per heavy atom. The lowest BCUT2D eigenvalue weighted by Crippen LogP contribution is -2.30. The number of para-hydroxylation sites is 1. The molecule has 4 rings (SSSR count). The minimum Gasteiger partial charge on any atom is -0.378 e. The monoisotopic (exact) mass is 478 g/mol. The standard InChI is InChI=1S/C25H26N4O4S/c1-28(2)20-13-9-19(10-14-20)23(24-15-26-25-6-4-3-5-22(24)25)16-27-34(32,33)17-18-7-11-21(12-8-18)29(30)31/h3-15,23,26-27H,16-17H2,1-2H3. The van der Waals surface area contributed by atoms with Crippen LogP contribution in [0.25, 0.3) is 10.9 Å². The van der Waals surface area contributed by atoms with Crippen LogP contribution in [0.3, 0.4) is 0 Å². The molecular formula is C25H26N4O4S. The van der Waals surface area contributed by atoms with Gasteiger partial charge >= 0.3 is 0 Å². The Morgan fingerprint density at radius 1 is 1.00 bits per heavy atom. The summed E-state index contributed by atoms with van der Waals surface area (Å²) < 4.78 is 28.5. The largest absolute Gasteiger partial charge is 0.378 e. The fourth-order valence-electron chi connectivity index (χ4n) is 3.99. The second-order valence-corrected chi connectivity index (χ2v) is 10.2. The Bertz CT molecular complexity index is 1400. The van der Waals surface area contributed by atoms with Crippen molar-refractivity contribution in [1.29, 1.82) is 0 Å². The Balaban J connectivity index is 1.59. The summed E-state index contributed by atoms with van der Waals surface area (Å²) in [5, 5.41) is 11.9. The Kier molecular flexibility index (Phi) is 6.67. The molecule has 1 unspecified atom stereocenters. The minimum absolute atomic E-state index is 0.0744. The van der Waals surface area contributed by atoms with Gasteiger partial charge in [-0.05, 0) is 34.9 Å². The number of fused-ring (bicyclic) bond motifs is 1. The lowest BCUT2D eigenvalue weighted by molar-refractivity contribution is -0.384. The average molecular weight is 479 g/mol. The van der Waals surface area contributed by atoms with E-state index in [2.05, 4.69) is 9.71 Å². The van der Waals surface area contributed by atoms with E-state index in [0.717, 1.165) is 27.7 Å². The summed E-state index contributed by atoms with van der Waals surface area (Å²) >= 11 is 0. The van der Waals surface area contributed by atoms with Gasteiger partial charge in [0.1, 0.15) is 0 Å². The van der Waals surface area contributed by atoms with Crippen LogP contribution in [-0.2, 0) is 15.8 Å². The van der Waals surface area contributed by atoms with Gasteiger partial charge < -0.3 is 9.88 Å². The highest BCUT2D eigenvalue weighted by atomic mass is 32.2. The van der Waals surface area contributed by atoms with Crippen molar-refractivity contribution in [2.75, 3.05) is 25.5 Å². The predicted octanol–water partition coefficient (Wildman–Crippen LogP) is 4.39. The van der Waals surface area contributed by atoms with E-state index in [1.54, 1.807) is 0 Å². The van der Waals surface area contributed by atoms with Gasteiger partial charge in [-0.15, -0.1) is 0 Å². The van der Waals surface area contributed by atoms with Crippen molar-refractivity contribution in [3.05, 3.63) is 106 Å². The van der Waals surface area contributed by atoms with Gasteiger partial charge in [-0.25, -0.2) is 13.1 Å². The summed E-state index contributed by atoms with van der Waals surface area (Å²) in [6, 6.07) is 21.6. The van der Waals surface area contributed by atoms with Crippen LogP contribution in [0.4, 0.5) is 11.4 Å². The number of aromatic amines is 1. The summed E-state index contributed by atoms with van der Waals surface area (Å²) in [5.74, 6) is -0.468. The molecule has 0 radical (unpaired) electrons. The number of rotatable bonds is 9. The summed E-state index contributed by atoms with van der Waals surface area (Å²) in [6.45, 7) is 0.179. The molecule has 1 heterocycles. The van der Waals surface area contributed by atoms with Crippen molar-refractivity contribution < 1.29 is 13.3 Å². The SMILES string of the molecule is CN(C)c1ccc(C(CNS(=O)(=O)Cc2ccc([N+](=O)[O-])cc2)c2c[nH]c3ccccc23)cc1. The predicted molar refractivity (Wildman–Crippen MR) is 135 cm³/mol. The quantitative estimate of drug-likeness (QED) is 0.274. The van der Waals surface area contributed by atoms with Gasteiger partial charge in [-0.1, -0.05) is 42.5 Å². The van der Waals surface area contributed by atoms with Gasteiger partial charge in [0.05, 0.1) is 10.7 Å². The molecule has 0 saturated carbocycles. The smallest absolute Gasteiger partial charge is 0.269 e. The lowest BCUT2D eigenvalue weighted by Gasteiger charge is -2.20. The molecule has 4 aromatic rings. The van der Waals surface area contributed by atoms with Crippen LogP contribution in [0.5, 0.6) is 0 Å². The zero-order chi connectivity index (χ0) is 24.3. The molecule has 1 aromatic heterocycles. The molecule has 9 heteroatoms. The topological polar surface area (TPSA) is 108 Å². The normalized spacial score (nSPS) is 12.5. The van der Waals surface area contributed by atoms with Crippen LogP contribution >= 0.6 is 0 Å². The first-order valence-corrected chi connectivity index (χ1v) is 12.4. The Morgan fingerprint density at radius 3 is 2.32 bits per heavy atom. The second kappa shape index (κ2) is 9.66. The average Bonchev–Trinajstić information content (AvgIpc) is 3.23. The highest BCUT2D eigenvalue weighted by Gasteiger charge is 2.22. The van der Waals surface area contributed by atoms with Crippen LogP contribution in [0.1, 0.15) is 22.6 Å². The van der Waals surface area contributed by atoms with E-state index in [-0.39, 0.29) is 23.9 Å². The van der Waals surface area contributed by atoms with E-state index in [0.29, 0.717) is 5.56 Å². The molecule has 176 valence electrons. The molecule has 3 aromatic carbocycles. The molecule has 8 nitrogen and oxygen atoms in total. The highest BCUT2D eigenvalue weighted by molar-refractivity contribution is 7.88. The van der Waals surface area contributed by atoms with Crippen LogP contribution in [0, 0.1) is 10.1 Å². The van der Waals surface area contributed by atoms with E-state index in [4.69, 9.17) is 0 Å². The van der Waals surface area contributed by atoms with Crippen LogP contribution in [0.15, 0.2) is 79.0 Å². The number of benzene rings is 3. The van der Waals surface area contributed by atoms with Gasteiger partial charge in [-0.3, -0.25) is 10.1 Å². The number of hydrogen-bond donors (Lipinski definition) is 2. The maximum absolute atomic E-state index is 12.9. The number of nitrogens with one attached hydrogen (secondary N) is 2. The maximum Gasteiger partial charge on any atom is 0.269 e. The number of nitro benzene ring substituents is 1. The minimum atomic E-state index is -3.68. The molecule has 0 saturated heterocycles. The van der Waals surface area contributed by atoms with Crippen molar-refractivity contribution >= 4 is 32.3 Å². The summed E-state index contributed by atoms with van der Waals surface area (Å²) in [6.07, 6.45) is 1.93. The number of sulfonamides is 1. The molecule has 0 aliphatic rings. The number of nitro groups is 1. The molecule has 0 amide bonds. The van der Waals surface area contributed by atoms with Gasteiger partial charge in [0.15, 0.2) is 0 Å². The summed E-state index contributed by atoms with van der Waals surface area (Å²) in [4.78, 5) is 15.6.